The van der Waals surface area contributed by atoms with Gasteiger partial charge in [0.1, 0.15) is 6.10 Å². The highest BCUT2D eigenvalue weighted by Crippen LogP contribution is 2.17. The van der Waals surface area contributed by atoms with E-state index >= 15 is 0 Å². The summed E-state index contributed by atoms with van der Waals surface area (Å²) in [5, 5.41) is 6.24. The standard InChI is InChI=1S/C22H26ClN3O3/c1-2-16-9-11-18(12-10-16)25-22(28)29-19-7-5-13-26(15-19)21(27)24-14-17-6-3-4-8-20(17)23/h3-4,6,8-12,19H,2,5,7,13-15H2,1H3,(H,24,27)(H,25,28)/t19-/m0/s1. The summed E-state index contributed by atoms with van der Waals surface area (Å²) in [6.45, 7) is 3.44. The number of rotatable bonds is 5. The molecule has 1 saturated heterocycles. The number of amides is 3. The number of nitrogens with one attached hydrogen (secondary N) is 2. The van der Waals surface area contributed by atoms with Crippen LogP contribution in [0.25, 0.3) is 0 Å². The Bertz CT molecular complexity index is 841. The van der Waals surface area contributed by atoms with E-state index in [1.54, 1.807) is 11.0 Å². The number of hydrogen-bond acceptors (Lipinski definition) is 3. The SMILES string of the molecule is CCc1ccc(NC(=O)O[C@H]2CCCN(C(=O)NCc3ccccc3Cl)C2)cc1. The minimum atomic E-state index is -0.502. The van der Waals surface area contributed by atoms with E-state index in [4.69, 9.17) is 16.3 Å². The second kappa shape index (κ2) is 10.2. The number of piperidine rings is 1. The Kier molecular flexibility index (Phi) is 7.36. The van der Waals surface area contributed by atoms with Crippen LogP contribution >= 0.6 is 11.6 Å². The third kappa shape index (κ3) is 6.12. The lowest BCUT2D eigenvalue weighted by Gasteiger charge is -2.32. The van der Waals surface area contributed by atoms with Crippen LogP contribution in [0.15, 0.2) is 48.5 Å². The van der Waals surface area contributed by atoms with Gasteiger partial charge in [-0.3, -0.25) is 5.32 Å². The third-order valence-electron chi connectivity index (χ3n) is 4.94. The molecule has 0 aliphatic carbocycles. The molecule has 2 aromatic rings. The largest absolute Gasteiger partial charge is 0.444 e. The molecule has 3 amide bonds. The summed E-state index contributed by atoms with van der Waals surface area (Å²) in [5.41, 5.74) is 2.76. The van der Waals surface area contributed by atoms with E-state index in [0.717, 1.165) is 24.8 Å². The van der Waals surface area contributed by atoms with E-state index < -0.39 is 6.09 Å². The Morgan fingerprint density at radius 1 is 1.17 bits per heavy atom. The van der Waals surface area contributed by atoms with Crippen molar-refractivity contribution in [3.8, 4) is 0 Å². The Balaban J connectivity index is 1.47. The first kappa shape index (κ1) is 21.0. The van der Waals surface area contributed by atoms with Crippen molar-refractivity contribution in [1.82, 2.24) is 10.2 Å². The Hall–Kier alpha value is -2.73. The number of aryl methyl sites for hydroxylation is 1. The minimum Gasteiger partial charge on any atom is -0.444 e. The van der Waals surface area contributed by atoms with Gasteiger partial charge in [-0.05, 0) is 48.6 Å². The van der Waals surface area contributed by atoms with Crippen LogP contribution in [0, 0.1) is 0 Å². The van der Waals surface area contributed by atoms with E-state index in [1.165, 1.54) is 5.56 Å². The summed E-state index contributed by atoms with van der Waals surface area (Å²) in [7, 11) is 0. The number of likely N-dealkylation sites (tertiary alicyclic amines) is 1. The maximum absolute atomic E-state index is 12.5. The molecule has 1 aliphatic rings. The first-order chi connectivity index (χ1) is 14.0. The molecule has 2 aromatic carbocycles. The molecule has 1 fully saturated rings. The van der Waals surface area contributed by atoms with Gasteiger partial charge >= 0.3 is 12.1 Å². The fourth-order valence-corrected chi connectivity index (χ4v) is 3.47. The quantitative estimate of drug-likeness (QED) is 0.735. The van der Waals surface area contributed by atoms with Gasteiger partial charge in [-0.1, -0.05) is 48.9 Å². The molecule has 7 heteroatoms. The first-order valence-electron chi connectivity index (χ1n) is 9.88. The summed E-state index contributed by atoms with van der Waals surface area (Å²) < 4.78 is 5.52. The van der Waals surface area contributed by atoms with Gasteiger partial charge in [0.2, 0.25) is 0 Å². The topological polar surface area (TPSA) is 70.7 Å². The van der Waals surface area contributed by atoms with Crippen molar-refractivity contribution in [2.45, 2.75) is 38.8 Å². The molecule has 29 heavy (non-hydrogen) atoms. The number of hydrogen-bond donors (Lipinski definition) is 2. The van der Waals surface area contributed by atoms with Crippen molar-refractivity contribution < 1.29 is 14.3 Å². The summed E-state index contributed by atoms with van der Waals surface area (Å²) in [6, 6.07) is 14.9. The van der Waals surface area contributed by atoms with Crippen LogP contribution in [0.2, 0.25) is 5.02 Å². The average molecular weight is 416 g/mol. The Morgan fingerprint density at radius 3 is 2.66 bits per heavy atom. The highest BCUT2D eigenvalue weighted by atomic mass is 35.5. The third-order valence-corrected chi connectivity index (χ3v) is 5.30. The first-order valence-corrected chi connectivity index (χ1v) is 10.3. The molecule has 1 atom stereocenters. The predicted molar refractivity (Wildman–Crippen MR) is 114 cm³/mol. The van der Waals surface area contributed by atoms with Crippen LogP contribution in [0.4, 0.5) is 15.3 Å². The molecular formula is C22H26ClN3O3. The number of urea groups is 1. The number of carbonyl (C=O) groups excluding carboxylic acids is 2. The summed E-state index contributed by atoms with van der Waals surface area (Å²) in [4.78, 5) is 26.3. The molecule has 2 N–H and O–H groups in total. The highest BCUT2D eigenvalue weighted by molar-refractivity contribution is 6.31. The number of nitrogens with zero attached hydrogens (tertiary/aromatic N) is 1. The second-order valence-electron chi connectivity index (χ2n) is 7.04. The molecule has 1 aliphatic heterocycles. The van der Waals surface area contributed by atoms with Crippen molar-refractivity contribution in [1.29, 1.82) is 0 Å². The summed E-state index contributed by atoms with van der Waals surface area (Å²) >= 11 is 6.13. The Labute approximate surface area is 176 Å². The Morgan fingerprint density at radius 2 is 1.93 bits per heavy atom. The fraction of sp³-hybridized carbons (Fsp3) is 0.364. The fourth-order valence-electron chi connectivity index (χ4n) is 3.27. The van der Waals surface area contributed by atoms with Crippen LogP contribution in [0.1, 0.15) is 30.9 Å². The van der Waals surface area contributed by atoms with Gasteiger partial charge in [-0.15, -0.1) is 0 Å². The van der Waals surface area contributed by atoms with Crippen LogP contribution < -0.4 is 10.6 Å². The zero-order valence-electron chi connectivity index (χ0n) is 16.5. The molecule has 1 heterocycles. The van der Waals surface area contributed by atoms with Gasteiger partial charge in [-0.25, -0.2) is 9.59 Å². The van der Waals surface area contributed by atoms with Crippen molar-refractivity contribution >= 4 is 29.4 Å². The normalized spacial score (nSPS) is 16.2. The van der Waals surface area contributed by atoms with Gasteiger partial charge in [0.25, 0.3) is 0 Å². The lowest BCUT2D eigenvalue weighted by atomic mass is 10.1. The van der Waals surface area contributed by atoms with Gasteiger partial charge < -0.3 is 15.0 Å². The molecule has 0 spiro atoms. The van der Waals surface area contributed by atoms with Gasteiger partial charge in [0.05, 0.1) is 6.54 Å². The van der Waals surface area contributed by atoms with E-state index in [9.17, 15) is 9.59 Å². The van der Waals surface area contributed by atoms with Crippen LogP contribution in [-0.2, 0) is 17.7 Å². The molecule has 0 aromatic heterocycles. The lowest BCUT2D eigenvalue weighted by molar-refractivity contribution is 0.0605. The number of carbonyl (C=O) groups is 2. The molecule has 154 valence electrons. The average Bonchev–Trinajstić information content (AvgIpc) is 2.73. The molecule has 0 saturated carbocycles. The molecule has 3 rings (SSSR count). The lowest BCUT2D eigenvalue weighted by Crippen LogP contribution is -2.48. The number of ether oxygens (including phenoxy) is 1. The number of halogens is 1. The molecule has 0 radical (unpaired) electrons. The van der Waals surface area contributed by atoms with Crippen molar-refractivity contribution in [2.24, 2.45) is 0 Å². The molecule has 0 bridgehead atoms. The smallest absolute Gasteiger partial charge is 0.411 e. The van der Waals surface area contributed by atoms with E-state index in [-0.39, 0.29) is 12.1 Å². The van der Waals surface area contributed by atoms with Crippen LogP contribution in [0.3, 0.4) is 0 Å². The summed E-state index contributed by atoms with van der Waals surface area (Å²) in [5.74, 6) is 0. The maximum atomic E-state index is 12.5. The zero-order chi connectivity index (χ0) is 20.6. The maximum Gasteiger partial charge on any atom is 0.411 e. The summed E-state index contributed by atoms with van der Waals surface area (Å²) in [6.07, 6.45) is 1.63. The van der Waals surface area contributed by atoms with Crippen molar-refractivity contribution in [3.05, 3.63) is 64.7 Å². The van der Waals surface area contributed by atoms with E-state index in [2.05, 4.69) is 17.6 Å². The van der Waals surface area contributed by atoms with E-state index in [0.29, 0.717) is 30.3 Å². The number of anilines is 1. The van der Waals surface area contributed by atoms with Gasteiger partial charge in [-0.2, -0.15) is 0 Å². The van der Waals surface area contributed by atoms with Crippen LogP contribution in [-0.4, -0.2) is 36.2 Å². The van der Waals surface area contributed by atoms with E-state index in [1.807, 2.05) is 42.5 Å². The monoisotopic (exact) mass is 415 g/mol. The van der Waals surface area contributed by atoms with Crippen molar-refractivity contribution in [2.75, 3.05) is 18.4 Å². The number of benzene rings is 2. The highest BCUT2D eigenvalue weighted by Gasteiger charge is 2.26. The molecular weight excluding hydrogens is 390 g/mol. The van der Waals surface area contributed by atoms with Gasteiger partial charge in [0, 0.05) is 23.8 Å². The van der Waals surface area contributed by atoms with Crippen molar-refractivity contribution in [3.63, 3.8) is 0 Å². The van der Waals surface area contributed by atoms with Crippen LogP contribution in [0.5, 0.6) is 0 Å². The second-order valence-corrected chi connectivity index (χ2v) is 7.45. The van der Waals surface area contributed by atoms with Gasteiger partial charge in [0.15, 0.2) is 0 Å². The zero-order valence-corrected chi connectivity index (χ0v) is 17.2. The molecule has 6 nitrogen and oxygen atoms in total. The predicted octanol–water partition coefficient (Wildman–Crippen LogP) is 4.83. The molecule has 0 unspecified atom stereocenters. The minimum absolute atomic E-state index is 0.186.